The highest BCUT2D eigenvalue weighted by molar-refractivity contribution is 5.26. The Morgan fingerprint density at radius 2 is 2.05 bits per heavy atom. The van der Waals surface area contributed by atoms with Crippen molar-refractivity contribution in [3.8, 4) is 0 Å². The number of nitrogen functional groups attached to an aromatic ring is 1. The van der Waals surface area contributed by atoms with Gasteiger partial charge >= 0.3 is 0 Å². The molecular formula is C16H21FN4. The van der Waals surface area contributed by atoms with Gasteiger partial charge in [0.05, 0.1) is 6.04 Å². The molecule has 1 aliphatic rings. The lowest BCUT2D eigenvalue weighted by Crippen LogP contribution is -2.34. The van der Waals surface area contributed by atoms with Crippen molar-refractivity contribution in [1.82, 2.24) is 14.7 Å². The smallest absolute Gasteiger partial charge is 0.145 e. The van der Waals surface area contributed by atoms with Gasteiger partial charge in [0.15, 0.2) is 0 Å². The minimum Gasteiger partial charge on any atom is -0.382 e. The molecule has 1 saturated heterocycles. The van der Waals surface area contributed by atoms with E-state index in [1.165, 1.54) is 5.56 Å². The lowest BCUT2D eigenvalue weighted by molar-refractivity contribution is 0.173. The number of hydrogen-bond donors (Lipinski definition) is 1. The number of nitrogens with zero attached hydrogens (tertiary/aromatic N) is 3. The summed E-state index contributed by atoms with van der Waals surface area (Å²) in [6, 6.07) is 7.32. The highest BCUT2D eigenvalue weighted by atomic mass is 19.1. The first-order chi connectivity index (χ1) is 10.1. The zero-order valence-corrected chi connectivity index (χ0v) is 12.3. The number of likely N-dealkylation sites (tertiary alicyclic amines) is 1. The maximum absolute atomic E-state index is 13.1. The number of rotatable bonds is 3. The van der Waals surface area contributed by atoms with Crippen molar-refractivity contribution in [1.29, 1.82) is 0 Å². The lowest BCUT2D eigenvalue weighted by Gasteiger charge is -2.32. The Bertz CT molecular complexity index is 614. The van der Waals surface area contributed by atoms with Gasteiger partial charge in [0, 0.05) is 25.8 Å². The van der Waals surface area contributed by atoms with Crippen molar-refractivity contribution in [2.24, 2.45) is 0 Å². The first kappa shape index (κ1) is 14.1. The number of nitrogens with two attached hydrogens (primary N) is 1. The molecular weight excluding hydrogens is 267 g/mol. The summed E-state index contributed by atoms with van der Waals surface area (Å²) in [5, 5.41) is 4.30. The third-order valence-corrected chi connectivity index (χ3v) is 4.26. The summed E-state index contributed by atoms with van der Waals surface area (Å²) in [5.74, 6) is 0.422. The Morgan fingerprint density at radius 1 is 1.29 bits per heavy atom. The van der Waals surface area contributed by atoms with E-state index in [9.17, 15) is 4.39 Å². The van der Waals surface area contributed by atoms with Gasteiger partial charge < -0.3 is 5.73 Å². The third-order valence-electron chi connectivity index (χ3n) is 4.26. The van der Waals surface area contributed by atoms with Crippen LogP contribution in [-0.4, -0.2) is 27.8 Å². The van der Waals surface area contributed by atoms with E-state index in [-0.39, 0.29) is 5.82 Å². The Kier molecular flexibility index (Phi) is 3.92. The largest absolute Gasteiger partial charge is 0.382 e. The molecule has 0 unspecified atom stereocenters. The van der Waals surface area contributed by atoms with Crippen LogP contribution in [0.15, 0.2) is 30.5 Å². The maximum Gasteiger partial charge on any atom is 0.145 e. The van der Waals surface area contributed by atoms with Crippen molar-refractivity contribution >= 4 is 5.82 Å². The molecule has 0 amide bonds. The summed E-state index contributed by atoms with van der Waals surface area (Å²) >= 11 is 0. The number of benzene rings is 1. The molecule has 2 heterocycles. The molecule has 0 atom stereocenters. The fourth-order valence-corrected chi connectivity index (χ4v) is 2.98. The second-order valence-electron chi connectivity index (χ2n) is 5.80. The summed E-state index contributed by atoms with van der Waals surface area (Å²) in [5.41, 5.74) is 7.90. The monoisotopic (exact) mass is 288 g/mol. The van der Waals surface area contributed by atoms with Crippen LogP contribution in [0, 0.1) is 12.7 Å². The lowest BCUT2D eigenvalue weighted by atomic mass is 10.0. The first-order valence-electron chi connectivity index (χ1n) is 7.40. The van der Waals surface area contributed by atoms with Gasteiger partial charge in [-0.2, -0.15) is 5.10 Å². The van der Waals surface area contributed by atoms with Gasteiger partial charge in [-0.3, -0.25) is 9.58 Å². The van der Waals surface area contributed by atoms with E-state index in [0.717, 1.165) is 38.0 Å². The van der Waals surface area contributed by atoms with Crippen molar-refractivity contribution < 1.29 is 4.39 Å². The maximum atomic E-state index is 13.1. The minimum atomic E-state index is -0.161. The summed E-state index contributed by atoms with van der Waals surface area (Å²) in [6.07, 6.45) is 4.10. The molecule has 3 rings (SSSR count). The fourth-order valence-electron chi connectivity index (χ4n) is 2.98. The molecule has 1 aromatic heterocycles. The van der Waals surface area contributed by atoms with Gasteiger partial charge in [0.25, 0.3) is 0 Å². The van der Waals surface area contributed by atoms with Crippen molar-refractivity contribution in [2.45, 2.75) is 32.4 Å². The molecule has 112 valence electrons. The number of aryl methyl sites for hydroxylation is 1. The average Bonchev–Trinajstić information content (AvgIpc) is 2.89. The molecule has 0 saturated carbocycles. The molecule has 5 heteroatoms. The van der Waals surface area contributed by atoms with Crippen LogP contribution in [0.3, 0.4) is 0 Å². The van der Waals surface area contributed by atoms with Gasteiger partial charge in [0.1, 0.15) is 11.6 Å². The Morgan fingerprint density at radius 3 is 2.67 bits per heavy atom. The summed E-state index contributed by atoms with van der Waals surface area (Å²) in [6.45, 7) is 4.92. The molecule has 0 spiro atoms. The molecule has 2 aromatic rings. The van der Waals surface area contributed by atoms with Gasteiger partial charge in [-0.1, -0.05) is 6.07 Å². The van der Waals surface area contributed by atoms with Crippen LogP contribution < -0.4 is 5.73 Å². The van der Waals surface area contributed by atoms with Crippen LogP contribution in [-0.2, 0) is 6.54 Å². The van der Waals surface area contributed by atoms with Crippen molar-refractivity contribution in [2.75, 3.05) is 18.8 Å². The minimum absolute atomic E-state index is 0.161. The van der Waals surface area contributed by atoms with Crippen LogP contribution in [0.25, 0.3) is 0 Å². The van der Waals surface area contributed by atoms with Gasteiger partial charge in [0.2, 0.25) is 0 Å². The summed E-state index contributed by atoms with van der Waals surface area (Å²) in [4.78, 5) is 2.42. The standard InChI is InChI=1S/C16H21FN4/c1-12-10-14(17)3-2-13(12)11-20-7-4-15(5-8-20)21-9-6-16(18)19-21/h2-3,6,9-10,15H,4-5,7-8,11H2,1H3,(H2,18,19). The van der Waals surface area contributed by atoms with Crippen molar-refractivity contribution in [3.05, 3.63) is 47.4 Å². The second kappa shape index (κ2) is 5.85. The zero-order chi connectivity index (χ0) is 14.8. The number of aromatic nitrogens is 2. The average molecular weight is 288 g/mol. The van der Waals surface area contributed by atoms with E-state index >= 15 is 0 Å². The van der Waals surface area contributed by atoms with E-state index in [0.29, 0.717) is 11.9 Å². The van der Waals surface area contributed by atoms with Crippen LogP contribution in [0.1, 0.15) is 30.0 Å². The first-order valence-corrected chi connectivity index (χ1v) is 7.40. The van der Waals surface area contributed by atoms with E-state index in [1.807, 2.05) is 29.9 Å². The normalized spacial score (nSPS) is 17.2. The Labute approximate surface area is 124 Å². The predicted molar refractivity (Wildman–Crippen MR) is 81.3 cm³/mol. The molecule has 2 N–H and O–H groups in total. The van der Waals surface area contributed by atoms with Crippen LogP contribution in [0.2, 0.25) is 0 Å². The van der Waals surface area contributed by atoms with Crippen LogP contribution in [0.4, 0.5) is 10.2 Å². The van der Waals surface area contributed by atoms with E-state index in [4.69, 9.17) is 5.73 Å². The van der Waals surface area contributed by atoms with Gasteiger partial charge in [-0.05, 0) is 49.1 Å². The van der Waals surface area contributed by atoms with Gasteiger partial charge in [-0.15, -0.1) is 0 Å². The van der Waals surface area contributed by atoms with Crippen LogP contribution >= 0.6 is 0 Å². The van der Waals surface area contributed by atoms with Crippen LogP contribution in [0.5, 0.6) is 0 Å². The van der Waals surface area contributed by atoms with E-state index in [2.05, 4.69) is 10.00 Å². The molecule has 0 radical (unpaired) electrons. The quantitative estimate of drug-likeness (QED) is 0.944. The summed E-state index contributed by atoms with van der Waals surface area (Å²) < 4.78 is 15.1. The fraction of sp³-hybridized carbons (Fsp3) is 0.438. The molecule has 4 nitrogen and oxygen atoms in total. The highest BCUT2D eigenvalue weighted by Crippen LogP contribution is 2.24. The molecule has 0 aliphatic carbocycles. The topological polar surface area (TPSA) is 47.1 Å². The number of piperidine rings is 1. The molecule has 0 bridgehead atoms. The molecule has 21 heavy (non-hydrogen) atoms. The van der Waals surface area contributed by atoms with Crippen molar-refractivity contribution in [3.63, 3.8) is 0 Å². The Balaban J connectivity index is 1.58. The molecule has 1 fully saturated rings. The van der Waals surface area contributed by atoms with E-state index in [1.54, 1.807) is 12.1 Å². The second-order valence-corrected chi connectivity index (χ2v) is 5.80. The summed E-state index contributed by atoms with van der Waals surface area (Å²) in [7, 11) is 0. The SMILES string of the molecule is Cc1cc(F)ccc1CN1CCC(n2ccc(N)n2)CC1. The molecule has 1 aromatic carbocycles. The predicted octanol–water partition coefficient (Wildman–Crippen LogP) is 2.75. The third kappa shape index (κ3) is 3.24. The number of halogens is 1. The number of anilines is 1. The highest BCUT2D eigenvalue weighted by Gasteiger charge is 2.21. The Hall–Kier alpha value is -1.88. The number of hydrogen-bond acceptors (Lipinski definition) is 3. The molecule has 1 aliphatic heterocycles. The zero-order valence-electron chi connectivity index (χ0n) is 12.3. The van der Waals surface area contributed by atoms with E-state index < -0.39 is 0 Å². The van der Waals surface area contributed by atoms with Gasteiger partial charge in [-0.25, -0.2) is 4.39 Å².